The average molecular weight is 906 g/mol. The molecule has 6 rings (SSSR count). The Morgan fingerprint density at radius 3 is 2.48 bits per heavy atom. The van der Waals surface area contributed by atoms with E-state index in [2.05, 4.69) is 20.3 Å². The van der Waals surface area contributed by atoms with Crippen molar-refractivity contribution in [2.45, 2.75) is 126 Å². The van der Waals surface area contributed by atoms with Gasteiger partial charge in [0.25, 0.3) is 12.3 Å². The summed E-state index contributed by atoms with van der Waals surface area (Å²) in [5.74, 6) is -4.58. The lowest BCUT2D eigenvalue weighted by atomic mass is 9.88. The molecule has 2 aliphatic carbocycles. The minimum atomic E-state index is -4.96. The van der Waals surface area contributed by atoms with E-state index in [1.54, 1.807) is 31.2 Å². The number of amides is 4. The molecule has 3 heterocycles. The standard InChI is InChI=1S/C40H49ClF5N5O9S/c1-21-9-6-7-10-23-18-39(23,35(54)50-61(56,57)38(5)13-14-38)49-32(52)28-16-24(59-33-25-11-8-12-27(41)26(25)17-30(47-33)58-20-29(42)43)19-51(28)34(53)31(22(2)15-21)48-36(55)60-37(3,4)40(44,45)46/h7-8,10-12,17,21-24,28-29,31H,6,9,13-16,18-20H2,1-5H3,(H,48,55)(H,49,52)(H,50,54)/b10-7-/t21-,22+,23+,24+,28-,31-,39+/m0/s1. The molecule has 21 heteroatoms. The fourth-order valence-electron chi connectivity index (χ4n) is 7.70. The molecule has 2 aliphatic heterocycles. The summed E-state index contributed by atoms with van der Waals surface area (Å²) < 4.78 is 111. The minimum Gasteiger partial charge on any atom is -0.472 e. The van der Waals surface area contributed by atoms with Crippen LogP contribution in [0.4, 0.5) is 26.7 Å². The lowest BCUT2D eigenvalue weighted by molar-refractivity contribution is -0.244. The van der Waals surface area contributed by atoms with Gasteiger partial charge >= 0.3 is 12.3 Å². The maximum Gasteiger partial charge on any atom is 0.427 e. The van der Waals surface area contributed by atoms with E-state index in [1.165, 1.54) is 13.0 Å². The largest absolute Gasteiger partial charge is 0.472 e. The molecule has 0 unspecified atom stereocenters. The maximum absolute atomic E-state index is 14.8. The number of sulfonamides is 1. The second-order valence-corrected chi connectivity index (χ2v) is 19.9. The van der Waals surface area contributed by atoms with Crippen LogP contribution in [0.2, 0.25) is 5.02 Å². The van der Waals surface area contributed by atoms with Gasteiger partial charge in [0.1, 0.15) is 23.7 Å². The van der Waals surface area contributed by atoms with Gasteiger partial charge in [-0.25, -0.2) is 22.0 Å². The minimum absolute atomic E-state index is 0.0353. The van der Waals surface area contributed by atoms with Crippen LogP contribution in [0, 0.1) is 17.8 Å². The van der Waals surface area contributed by atoms with Gasteiger partial charge in [0.15, 0.2) is 6.61 Å². The van der Waals surface area contributed by atoms with Crippen LogP contribution >= 0.6 is 11.6 Å². The number of nitrogens with zero attached hydrogens (tertiary/aromatic N) is 2. The van der Waals surface area contributed by atoms with Crippen LogP contribution in [0.15, 0.2) is 36.4 Å². The highest BCUT2D eigenvalue weighted by Gasteiger charge is 2.63. The molecular weight excluding hydrogens is 857 g/mol. The van der Waals surface area contributed by atoms with Gasteiger partial charge in [-0.1, -0.05) is 43.7 Å². The van der Waals surface area contributed by atoms with E-state index < -0.39 is 99.0 Å². The molecule has 3 N–H and O–H groups in total. The predicted molar refractivity (Wildman–Crippen MR) is 211 cm³/mol. The molecular formula is C40H49ClF5N5O9S. The normalized spacial score (nSPS) is 28.7. The summed E-state index contributed by atoms with van der Waals surface area (Å²) in [5, 5.41) is 5.90. The smallest absolute Gasteiger partial charge is 0.427 e. The predicted octanol–water partition coefficient (Wildman–Crippen LogP) is 6.20. The molecule has 0 radical (unpaired) electrons. The van der Waals surface area contributed by atoms with Crippen LogP contribution in [0.25, 0.3) is 10.8 Å². The third-order valence-corrected chi connectivity index (χ3v) is 14.4. The van der Waals surface area contributed by atoms with Crippen LogP contribution in [-0.2, 0) is 29.1 Å². The average Bonchev–Trinajstić information content (AvgIpc) is 4.04. The molecule has 7 atom stereocenters. The van der Waals surface area contributed by atoms with Crippen LogP contribution in [-0.4, -0.2) is 102 Å². The molecule has 0 spiro atoms. The van der Waals surface area contributed by atoms with E-state index >= 15 is 0 Å². The van der Waals surface area contributed by atoms with Gasteiger partial charge < -0.3 is 29.7 Å². The summed E-state index contributed by atoms with van der Waals surface area (Å²) in [4.78, 5) is 61.8. The molecule has 336 valence electrons. The van der Waals surface area contributed by atoms with Crippen molar-refractivity contribution >= 4 is 56.2 Å². The van der Waals surface area contributed by atoms with Crippen molar-refractivity contribution < 1.29 is 63.8 Å². The third kappa shape index (κ3) is 9.94. The maximum atomic E-state index is 14.8. The van der Waals surface area contributed by atoms with Gasteiger partial charge in [0.05, 0.1) is 11.3 Å². The Balaban J connectivity index is 1.37. The van der Waals surface area contributed by atoms with E-state index in [0.29, 0.717) is 56.7 Å². The molecule has 4 amide bonds. The van der Waals surface area contributed by atoms with Crippen molar-refractivity contribution in [2.24, 2.45) is 17.8 Å². The number of allylic oxidation sites excluding steroid dienone is 1. The van der Waals surface area contributed by atoms with E-state index in [-0.39, 0.29) is 42.1 Å². The summed E-state index contributed by atoms with van der Waals surface area (Å²) in [6, 6.07) is 3.06. The van der Waals surface area contributed by atoms with Gasteiger partial charge in [-0.15, -0.1) is 0 Å². The Morgan fingerprint density at radius 2 is 1.82 bits per heavy atom. The fraction of sp³-hybridized carbons (Fsp3) is 0.625. The van der Waals surface area contributed by atoms with Gasteiger partial charge in [0.2, 0.25) is 39.2 Å². The highest BCUT2D eigenvalue weighted by molar-refractivity contribution is 7.91. The van der Waals surface area contributed by atoms with E-state index in [1.807, 2.05) is 13.0 Å². The number of aromatic nitrogens is 1. The van der Waals surface area contributed by atoms with Gasteiger partial charge in [0, 0.05) is 34.2 Å². The molecule has 1 aromatic heterocycles. The Bertz CT molecular complexity index is 2190. The Kier molecular flexibility index (Phi) is 12.8. The number of benzene rings is 1. The number of alkyl carbamates (subject to hydrolysis) is 1. The topological polar surface area (TPSA) is 182 Å². The van der Waals surface area contributed by atoms with Crippen LogP contribution in [0.5, 0.6) is 11.8 Å². The van der Waals surface area contributed by atoms with E-state index in [9.17, 15) is 49.5 Å². The van der Waals surface area contributed by atoms with Crippen LogP contribution < -0.4 is 24.8 Å². The molecule has 4 aliphatic rings. The number of halogens is 6. The van der Waals surface area contributed by atoms with Crippen molar-refractivity contribution in [1.82, 2.24) is 25.2 Å². The molecule has 2 saturated carbocycles. The zero-order chi connectivity index (χ0) is 44.9. The first-order valence-electron chi connectivity index (χ1n) is 20.0. The first-order chi connectivity index (χ1) is 28.4. The summed E-state index contributed by atoms with van der Waals surface area (Å²) in [5.41, 5.74) is -4.67. The third-order valence-electron chi connectivity index (χ3n) is 12.0. The van der Waals surface area contributed by atoms with Crippen molar-refractivity contribution in [3.8, 4) is 11.8 Å². The Hall–Kier alpha value is -4.46. The SMILES string of the molecule is C[C@H]1CC/C=C\[C@@H]2C[C@@]2(C(=O)NS(=O)(=O)C2(C)CC2)NC(=O)[C@@H]2C[C@@H](Oc3nc(OCC(F)F)cc4c(Cl)cccc34)CN2C(=O)[C@@H](NC(=O)OC(C)(C)C(F)(F)F)[C@H](C)C1. The highest BCUT2D eigenvalue weighted by Crippen LogP contribution is 2.48. The zero-order valence-electron chi connectivity index (χ0n) is 34.1. The van der Waals surface area contributed by atoms with Gasteiger partial charge in [-0.2, -0.15) is 18.2 Å². The number of fused-ring (bicyclic) bond motifs is 3. The number of carbonyl (C=O) groups excluding carboxylic acids is 4. The van der Waals surface area contributed by atoms with Gasteiger partial charge in [-0.05, 0) is 83.3 Å². The summed E-state index contributed by atoms with van der Waals surface area (Å²) in [6.45, 7) is 4.94. The number of pyridine rings is 1. The highest BCUT2D eigenvalue weighted by atomic mass is 35.5. The first kappa shape index (κ1) is 46.1. The molecule has 1 aromatic carbocycles. The monoisotopic (exact) mass is 905 g/mol. The number of rotatable bonds is 10. The second kappa shape index (κ2) is 17.0. The molecule has 2 aromatic rings. The molecule has 14 nitrogen and oxygen atoms in total. The van der Waals surface area contributed by atoms with Crippen molar-refractivity contribution in [2.75, 3.05) is 13.2 Å². The van der Waals surface area contributed by atoms with Gasteiger partial charge in [-0.3, -0.25) is 19.1 Å². The van der Waals surface area contributed by atoms with Crippen molar-refractivity contribution in [3.63, 3.8) is 0 Å². The molecule has 3 fully saturated rings. The quantitative estimate of drug-likeness (QED) is 0.183. The molecule has 0 bridgehead atoms. The van der Waals surface area contributed by atoms with E-state index in [4.69, 9.17) is 25.8 Å². The number of carbonyl (C=O) groups is 4. The Morgan fingerprint density at radius 1 is 1.11 bits per heavy atom. The number of ether oxygens (including phenoxy) is 3. The Labute approximate surface area is 354 Å². The lowest BCUT2D eigenvalue weighted by Gasteiger charge is -2.34. The number of nitrogens with one attached hydrogen (secondary N) is 3. The summed E-state index contributed by atoms with van der Waals surface area (Å²) in [6.07, 6.45) is -5.09. The van der Waals surface area contributed by atoms with Crippen LogP contribution in [0.3, 0.4) is 0 Å². The van der Waals surface area contributed by atoms with Crippen LogP contribution in [0.1, 0.15) is 79.6 Å². The van der Waals surface area contributed by atoms with Crippen molar-refractivity contribution in [1.29, 1.82) is 0 Å². The molecule has 61 heavy (non-hydrogen) atoms. The fourth-order valence-corrected chi connectivity index (χ4v) is 9.24. The second-order valence-electron chi connectivity index (χ2n) is 17.3. The summed E-state index contributed by atoms with van der Waals surface area (Å²) >= 11 is 6.44. The first-order valence-corrected chi connectivity index (χ1v) is 21.8. The lowest BCUT2D eigenvalue weighted by Crippen LogP contribution is -2.59. The number of hydrogen-bond donors (Lipinski definition) is 3. The molecule has 1 saturated heterocycles. The van der Waals surface area contributed by atoms with Crippen molar-refractivity contribution in [3.05, 3.63) is 41.4 Å². The summed E-state index contributed by atoms with van der Waals surface area (Å²) in [7, 11) is -4.14. The zero-order valence-corrected chi connectivity index (χ0v) is 35.7. The van der Waals surface area contributed by atoms with E-state index in [0.717, 1.165) is 4.90 Å². The number of hydrogen-bond acceptors (Lipinski definition) is 10. The number of alkyl halides is 5.